The molecule has 41 heavy (non-hydrogen) atoms. The smallest absolute Gasteiger partial charge is 0.316 e. The van der Waals surface area contributed by atoms with Gasteiger partial charge in [-0.15, -0.1) is 0 Å². The molecule has 5 aliphatic rings. The van der Waals surface area contributed by atoms with Gasteiger partial charge in [0, 0.05) is 19.3 Å². The van der Waals surface area contributed by atoms with Crippen LogP contribution in [0.15, 0.2) is 58.7 Å². The van der Waals surface area contributed by atoms with Gasteiger partial charge < -0.3 is 29.2 Å². The Hall–Kier alpha value is -2.03. The zero-order valence-electron chi connectivity index (χ0n) is 25.5. The zero-order valence-corrected chi connectivity index (χ0v) is 25.5. The van der Waals surface area contributed by atoms with E-state index in [-0.39, 0.29) is 24.7 Å². The van der Waals surface area contributed by atoms with E-state index in [4.69, 9.17) is 18.9 Å². The van der Waals surface area contributed by atoms with Gasteiger partial charge in [-0.05, 0) is 75.5 Å². The molecule has 5 rings (SSSR count). The number of carbonyl (C=O) groups excluding carboxylic acids is 1. The summed E-state index contributed by atoms with van der Waals surface area (Å²) in [5, 5.41) is 23.0. The Kier molecular flexibility index (Phi) is 8.85. The van der Waals surface area contributed by atoms with Crippen molar-refractivity contribution in [3.8, 4) is 0 Å². The van der Waals surface area contributed by atoms with Gasteiger partial charge in [0.1, 0.15) is 29.8 Å². The van der Waals surface area contributed by atoms with Crippen molar-refractivity contribution in [3.63, 3.8) is 0 Å². The minimum Gasteiger partial charge on any atom is -0.462 e. The second kappa shape index (κ2) is 11.9. The molecule has 1 spiro atoms. The summed E-state index contributed by atoms with van der Waals surface area (Å²) in [5.74, 6) is -1.70. The van der Waals surface area contributed by atoms with Crippen LogP contribution in [-0.4, -0.2) is 64.7 Å². The minimum absolute atomic E-state index is 0.0538. The van der Waals surface area contributed by atoms with Gasteiger partial charge in [0.15, 0.2) is 5.79 Å². The van der Waals surface area contributed by atoms with Crippen LogP contribution in [0.25, 0.3) is 0 Å². The first-order valence-electron chi connectivity index (χ1n) is 15.4. The fraction of sp³-hybridized carbons (Fsp3) is 0.676. The third-order valence-electron chi connectivity index (χ3n) is 9.86. The number of hydrogen-bond acceptors (Lipinski definition) is 7. The molecule has 2 bridgehead atoms. The Balaban J connectivity index is 1.51. The summed E-state index contributed by atoms with van der Waals surface area (Å²) in [4.78, 5) is 14.0. The zero-order chi connectivity index (χ0) is 29.5. The number of aliphatic hydroxyl groups excluding tert-OH is 1. The fourth-order valence-corrected chi connectivity index (χ4v) is 7.37. The molecule has 4 aliphatic heterocycles. The van der Waals surface area contributed by atoms with Crippen LogP contribution >= 0.6 is 0 Å². The molecular formula is C34H48O7. The highest BCUT2D eigenvalue weighted by molar-refractivity contribution is 5.78. The van der Waals surface area contributed by atoms with Crippen LogP contribution in [0.3, 0.4) is 0 Å². The lowest BCUT2D eigenvalue weighted by atomic mass is 9.71. The predicted octanol–water partition coefficient (Wildman–Crippen LogP) is 5.48. The summed E-state index contributed by atoms with van der Waals surface area (Å²) in [6, 6.07) is 0. The van der Waals surface area contributed by atoms with Crippen molar-refractivity contribution in [2.45, 2.75) is 122 Å². The summed E-state index contributed by atoms with van der Waals surface area (Å²) in [6.45, 7) is 12.6. The SMILES string of the molecule is CC=C(C)C1OC2(CCC1C)CC1CC(CC=C(C)CC(C)C=CC=C3COC4C(O)C(C)=CC(C(=O)O1)C34O)O2. The molecule has 0 aromatic rings. The maximum Gasteiger partial charge on any atom is 0.316 e. The van der Waals surface area contributed by atoms with Crippen molar-refractivity contribution < 1.29 is 34.0 Å². The first-order valence-corrected chi connectivity index (χ1v) is 15.4. The van der Waals surface area contributed by atoms with E-state index < -0.39 is 41.6 Å². The number of esters is 1. The van der Waals surface area contributed by atoms with Crippen LogP contribution in [0.2, 0.25) is 0 Å². The molecule has 10 atom stereocenters. The maximum atomic E-state index is 14.0. The monoisotopic (exact) mass is 568 g/mol. The van der Waals surface area contributed by atoms with Crippen molar-refractivity contribution in [2.24, 2.45) is 17.8 Å². The quantitative estimate of drug-likeness (QED) is 0.320. The minimum atomic E-state index is -1.69. The highest BCUT2D eigenvalue weighted by atomic mass is 16.7. The molecular weight excluding hydrogens is 520 g/mol. The molecule has 1 aliphatic carbocycles. The van der Waals surface area contributed by atoms with Crippen LogP contribution in [0.5, 0.6) is 0 Å². The van der Waals surface area contributed by atoms with Crippen molar-refractivity contribution >= 4 is 5.97 Å². The van der Waals surface area contributed by atoms with E-state index in [2.05, 4.69) is 45.9 Å². The summed E-state index contributed by atoms with van der Waals surface area (Å²) < 4.78 is 25.7. The molecule has 226 valence electrons. The Morgan fingerprint density at radius 3 is 2.71 bits per heavy atom. The topological polar surface area (TPSA) is 94.5 Å². The van der Waals surface area contributed by atoms with E-state index in [1.165, 1.54) is 11.1 Å². The van der Waals surface area contributed by atoms with Gasteiger partial charge in [0.25, 0.3) is 0 Å². The number of fused-ring (bicyclic) bond motifs is 2. The summed E-state index contributed by atoms with van der Waals surface area (Å²) >= 11 is 0. The molecule has 7 heteroatoms. The molecule has 4 heterocycles. The predicted molar refractivity (Wildman–Crippen MR) is 157 cm³/mol. The van der Waals surface area contributed by atoms with Crippen LogP contribution in [0.4, 0.5) is 0 Å². The van der Waals surface area contributed by atoms with E-state index >= 15 is 0 Å². The summed E-state index contributed by atoms with van der Waals surface area (Å²) in [7, 11) is 0. The van der Waals surface area contributed by atoms with Crippen LogP contribution in [-0.2, 0) is 23.7 Å². The molecule has 0 amide bonds. The lowest BCUT2D eigenvalue weighted by Gasteiger charge is -2.50. The number of rotatable bonds is 1. The van der Waals surface area contributed by atoms with Crippen molar-refractivity contribution in [3.05, 3.63) is 58.7 Å². The fourth-order valence-electron chi connectivity index (χ4n) is 7.37. The highest BCUT2D eigenvalue weighted by Gasteiger charge is 2.60. The summed E-state index contributed by atoms with van der Waals surface area (Å²) in [6.07, 6.45) is 13.6. The van der Waals surface area contributed by atoms with Crippen LogP contribution < -0.4 is 0 Å². The Morgan fingerprint density at radius 2 is 1.95 bits per heavy atom. The van der Waals surface area contributed by atoms with Crippen molar-refractivity contribution in [1.82, 2.24) is 0 Å². The average Bonchev–Trinajstić information content (AvgIpc) is 3.27. The van der Waals surface area contributed by atoms with Gasteiger partial charge in [0.05, 0.1) is 18.8 Å². The molecule has 3 fully saturated rings. The maximum absolute atomic E-state index is 14.0. The largest absolute Gasteiger partial charge is 0.462 e. The van der Waals surface area contributed by atoms with Crippen LogP contribution in [0, 0.1) is 17.8 Å². The number of hydrogen-bond donors (Lipinski definition) is 2. The first kappa shape index (κ1) is 30.4. The highest BCUT2D eigenvalue weighted by Crippen LogP contribution is 2.47. The number of aliphatic hydroxyl groups is 2. The standard InChI is InChI=1S/C34H48O7/c1-7-22(4)30-23(5)13-14-33(41-30)18-27-17-26(40-33)12-11-21(3)15-20(2)9-8-10-25-19-38-31-29(35)24(6)16-28(32(36)39-27)34(25,31)37/h7-11,16,20,23,26-31,35,37H,12-15,17-19H2,1-6H3. The number of ether oxygens (including phenoxy) is 4. The Morgan fingerprint density at radius 1 is 1.17 bits per heavy atom. The average molecular weight is 569 g/mol. The Bertz CT molecular complexity index is 1160. The lowest BCUT2D eigenvalue weighted by Crippen LogP contribution is -2.58. The van der Waals surface area contributed by atoms with Gasteiger partial charge in [0.2, 0.25) is 0 Å². The van der Waals surface area contributed by atoms with Crippen molar-refractivity contribution in [1.29, 1.82) is 0 Å². The van der Waals surface area contributed by atoms with E-state index in [1.807, 2.05) is 19.1 Å². The van der Waals surface area contributed by atoms with E-state index in [0.29, 0.717) is 36.3 Å². The van der Waals surface area contributed by atoms with Gasteiger partial charge in [-0.3, -0.25) is 4.79 Å². The molecule has 0 aromatic carbocycles. The third-order valence-corrected chi connectivity index (χ3v) is 9.86. The molecule has 0 radical (unpaired) electrons. The van der Waals surface area contributed by atoms with E-state index in [0.717, 1.165) is 19.3 Å². The third kappa shape index (κ3) is 5.94. The molecule has 3 saturated heterocycles. The first-order chi connectivity index (χ1) is 19.5. The summed E-state index contributed by atoms with van der Waals surface area (Å²) in [5.41, 5.74) is 1.93. The second-order valence-electron chi connectivity index (χ2n) is 13.2. The van der Waals surface area contributed by atoms with Gasteiger partial charge in [-0.1, -0.05) is 55.9 Å². The normalized spacial score (nSPS) is 44.0. The van der Waals surface area contributed by atoms with E-state index in [1.54, 1.807) is 13.0 Å². The molecule has 7 nitrogen and oxygen atoms in total. The molecule has 10 unspecified atom stereocenters. The van der Waals surface area contributed by atoms with Crippen LogP contribution in [0.1, 0.15) is 80.1 Å². The Labute approximate surface area is 245 Å². The molecule has 2 N–H and O–H groups in total. The van der Waals surface area contributed by atoms with Gasteiger partial charge in [-0.25, -0.2) is 0 Å². The number of carbonyl (C=O) groups is 1. The molecule has 0 saturated carbocycles. The molecule has 0 aromatic heterocycles. The second-order valence-corrected chi connectivity index (χ2v) is 13.2. The van der Waals surface area contributed by atoms with Crippen molar-refractivity contribution in [2.75, 3.05) is 6.61 Å². The van der Waals surface area contributed by atoms with Gasteiger partial charge >= 0.3 is 5.97 Å². The van der Waals surface area contributed by atoms with Gasteiger partial charge in [-0.2, -0.15) is 0 Å². The lowest BCUT2D eigenvalue weighted by molar-refractivity contribution is -0.329. The van der Waals surface area contributed by atoms with E-state index in [9.17, 15) is 15.0 Å². The number of allylic oxidation sites excluding steroid dienone is 5.